The van der Waals surface area contributed by atoms with Crippen LogP contribution in [0.3, 0.4) is 0 Å². The summed E-state index contributed by atoms with van der Waals surface area (Å²) in [6.07, 6.45) is 3.78. The lowest BCUT2D eigenvalue weighted by Crippen LogP contribution is -2.36. The molecule has 1 unspecified atom stereocenters. The molecule has 0 radical (unpaired) electrons. The molecule has 1 atom stereocenters. The van der Waals surface area contributed by atoms with Gasteiger partial charge < -0.3 is 9.32 Å². The van der Waals surface area contributed by atoms with Gasteiger partial charge in [0.15, 0.2) is 0 Å². The molecule has 15 heavy (non-hydrogen) atoms. The Hall–Kier alpha value is -0.960. The van der Waals surface area contributed by atoms with Crippen LogP contribution in [0, 0.1) is 0 Å². The summed E-state index contributed by atoms with van der Waals surface area (Å²) in [6.45, 7) is 2.25. The molecule has 1 heterocycles. The first-order chi connectivity index (χ1) is 7.18. The topological polar surface area (TPSA) is 33.5 Å². The highest BCUT2D eigenvalue weighted by Gasteiger charge is 2.34. The van der Waals surface area contributed by atoms with Crippen LogP contribution in [0.4, 0.5) is 0 Å². The molecular weight excluding hydrogens is 214 g/mol. The number of hydrogen-bond acceptors (Lipinski definition) is 2. The molecule has 1 aromatic heterocycles. The molecule has 0 bridgehead atoms. The van der Waals surface area contributed by atoms with Crippen LogP contribution in [0.2, 0.25) is 0 Å². The van der Waals surface area contributed by atoms with Crippen molar-refractivity contribution in [3.63, 3.8) is 0 Å². The minimum absolute atomic E-state index is 0.00410. The van der Waals surface area contributed by atoms with E-state index in [1.807, 2.05) is 17.0 Å². The third-order valence-corrected chi connectivity index (χ3v) is 2.70. The second-order valence-corrected chi connectivity index (χ2v) is 4.55. The Morgan fingerprint density at radius 3 is 2.93 bits per heavy atom. The van der Waals surface area contributed by atoms with Gasteiger partial charge in [0.25, 0.3) is 0 Å². The number of halogens is 1. The van der Waals surface area contributed by atoms with Gasteiger partial charge in [-0.15, -0.1) is 11.6 Å². The van der Waals surface area contributed by atoms with Crippen molar-refractivity contribution in [1.82, 2.24) is 4.90 Å². The fourth-order valence-corrected chi connectivity index (χ4v) is 1.70. The largest absolute Gasteiger partial charge is 0.467 e. The lowest BCUT2D eigenvalue weighted by atomic mass is 10.3. The molecule has 0 saturated heterocycles. The summed E-state index contributed by atoms with van der Waals surface area (Å²) < 4.78 is 5.23. The van der Waals surface area contributed by atoms with E-state index in [4.69, 9.17) is 16.0 Å². The van der Waals surface area contributed by atoms with Crippen LogP contribution in [0.15, 0.2) is 22.8 Å². The second-order valence-electron chi connectivity index (χ2n) is 3.89. The number of alkyl halides is 1. The SMILES string of the molecule is CC(Cl)C(=O)N(Cc1ccco1)C1CC1. The summed E-state index contributed by atoms with van der Waals surface area (Å²) in [5.74, 6) is 0.808. The molecule has 2 rings (SSSR count). The molecule has 1 amide bonds. The van der Waals surface area contributed by atoms with Gasteiger partial charge in [0.1, 0.15) is 11.1 Å². The van der Waals surface area contributed by atoms with Gasteiger partial charge in [-0.1, -0.05) is 0 Å². The van der Waals surface area contributed by atoms with E-state index in [1.54, 1.807) is 13.2 Å². The number of carbonyl (C=O) groups excluding carboxylic acids is 1. The van der Waals surface area contributed by atoms with E-state index >= 15 is 0 Å². The molecule has 1 fully saturated rings. The standard InChI is InChI=1S/C11H14ClNO2/c1-8(12)11(14)13(9-4-5-9)7-10-3-2-6-15-10/h2-3,6,8-9H,4-5,7H2,1H3. The third kappa shape index (κ3) is 2.53. The lowest BCUT2D eigenvalue weighted by molar-refractivity contribution is -0.131. The monoisotopic (exact) mass is 227 g/mol. The Morgan fingerprint density at radius 1 is 1.73 bits per heavy atom. The maximum absolute atomic E-state index is 11.8. The Labute approximate surface area is 94.0 Å². The number of nitrogens with zero attached hydrogens (tertiary/aromatic N) is 1. The fourth-order valence-electron chi connectivity index (χ4n) is 1.57. The molecule has 0 aliphatic heterocycles. The van der Waals surface area contributed by atoms with Crippen LogP contribution in [-0.4, -0.2) is 22.2 Å². The van der Waals surface area contributed by atoms with Crippen molar-refractivity contribution in [3.8, 4) is 0 Å². The molecular formula is C11H14ClNO2. The molecule has 3 nitrogen and oxygen atoms in total. The fraction of sp³-hybridized carbons (Fsp3) is 0.545. The van der Waals surface area contributed by atoms with Gasteiger partial charge in [-0.3, -0.25) is 4.79 Å². The molecule has 0 N–H and O–H groups in total. The van der Waals surface area contributed by atoms with Crippen LogP contribution in [-0.2, 0) is 11.3 Å². The van der Waals surface area contributed by atoms with E-state index in [1.165, 1.54) is 0 Å². The first-order valence-corrected chi connectivity index (χ1v) is 5.59. The normalized spacial score (nSPS) is 17.5. The Kier molecular flexibility index (Phi) is 3.00. The highest BCUT2D eigenvalue weighted by molar-refractivity contribution is 6.30. The van der Waals surface area contributed by atoms with Crippen molar-refractivity contribution in [2.24, 2.45) is 0 Å². The molecule has 1 aliphatic carbocycles. The zero-order valence-corrected chi connectivity index (χ0v) is 9.41. The molecule has 82 valence electrons. The van der Waals surface area contributed by atoms with Gasteiger partial charge in [-0.2, -0.15) is 0 Å². The predicted molar refractivity (Wildman–Crippen MR) is 57.6 cm³/mol. The highest BCUT2D eigenvalue weighted by atomic mass is 35.5. The number of rotatable bonds is 4. The lowest BCUT2D eigenvalue weighted by Gasteiger charge is -2.22. The van der Waals surface area contributed by atoms with Crippen LogP contribution in [0.1, 0.15) is 25.5 Å². The van der Waals surface area contributed by atoms with Crippen LogP contribution < -0.4 is 0 Å². The summed E-state index contributed by atoms with van der Waals surface area (Å²) >= 11 is 5.81. The van der Waals surface area contributed by atoms with Crippen molar-refractivity contribution in [1.29, 1.82) is 0 Å². The van der Waals surface area contributed by atoms with E-state index in [-0.39, 0.29) is 5.91 Å². The molecule has 0 spiro atoms. The average molecular weight is 228 g/mol. The Bertz CT molecular complexity index is 330. The minimum atomic E-state index is -0.458. The molecule has 4 heteroatoms. The summed E-state index contributed by atoms with van der Waals surface area (Å²) in [4.78, 5) is 13.6. The summed E-state index contributed by atoms with van der Waals surface area (Å²) in [6, 6.07) is 4.07. The van der Waals surface area contributed by atoms with Crippen molar-refractivity contribution in [2.75, 3.05) is 0 Å². The quantitative estimate of drug-likeness (QED) is 0.741. The first-order valence-electron chi connectivity index (χ1n) is 5.15. The number of furan rings is 1. The Morgan fingerprint density at radius 2 is 2.47 bits per heavy atom. The van der Waals surface area contributed by atoms with E-state index in [2.05, 4.69) is 0 Å². The van der Waals surface area contributed by atoms with Gasteiger partial charge in [-0.25, -0.2) is 0 Å². The predicted octanol–water partition coefficient (Wildman–Crippen LogP) is 2.40. The average Bonchev–Trinajstić information content (AvgIpc) is 2.92. The zero-order chi connectivity index (χ0) is 10.8. The Balaban J connectivity index is 2.03. The molecule has 1 aliphatic rings. The first kappa shape index (κ1) is 10.6. The van der Waals surface area contributed by atoms with E-state index < -0.39 is 5.38 Å². The summed E-state index contributed by atoms with van der Waals surface area (Å²) in [7, 11) is 0. The molecule has 0 aromatic carbocycles. The van der Waals surface area contributed by atoms with E-state index in [0.717, 1.165) is 18.6 Å². The van der Waals surface area contributed by atoms with E-state index in [9.17, 15) is 4.79 Å². The van der Waals surface area contributed by atoms with Crippen LogP contribution in [0.5, 0.6) is 0 Å². The molecule has 1 aromatic rings. The zero-order valence-electron chi connectivity index (χ0n) is 8.65. The van der Waals surface area contributed by atoms with Gasteiger partial charge >= 0.3 is 0 Å². The highest BCUT2D eigenvalue weighted by Crippen LogP contribution is 2.29. The third-order valence-electron chi connectivity index (χ3n) is 2.52. The number of hydrogen-bond donors (Lipinski definition) is 0. The second kappa shape index (κ2) is 4.27. The van der Waals surface area contributed by atoms with Gasteiger partial charge in [-0.05, 0) is 31.9 Å². The molecule has 1 saturated carbocycles. The van der Waals surface area contributed by atoms with Crippen LogP contribution >= 0.6 is 11.6 Å². The maximum atomic E-state index is 11.8. The maximum Gasteiger partial charge on any atom is 0.240 e. The van der Waals surface area contributed by atoms with Gasteiger partial charge in [0, 0.05) is 6.04 Å². The smallest absolute Gasteiger partial charge is 0.240 e. The van der Waals surface area contributed by atoms with Crippen LogP contribution in [0.25, 0.3) is 0 Å². The van der Waals surface area contributed by atoms with Crippen molar-refractivity contribution < 1.29 is 9.21 Å². The van der Waals surface area contributed by atoms with Crippen molar-refractivity contribution in [3.05, 3.63) is 24.2 Å². The summed E-state index contributed by atoms with van der Waals surface area (Å²) in [5.41, 5.74) is 0. The number of amides is 1. The number of carbonyl (C=O) groups is 1. The van der Waals surface area contributed by atoms with E-state index in [0.29, 0.717) is 12.6 Å². The summed E-state index contributed by atoms with van der Waals surface area (Å²) in [5, 5.41) is -0.458. The van der Waals surface area contributed by atoms with Gasteiger partial charge in [0.2, 0.25) is 5.91 Å². The van der Waals surface area contributed by atoms with Crippen molar-refractivity contribution >= 4 is 17.5 Å². The van der Waals surface area contributed by atoms with Gasteiger partial charge in [0.05, 0.1) is 12.8 Å². The van der Waals surface area contributed by atoms with Crippen molar-refractivity contribution in [2.45, 2.75) is 37.7 Å². The minimum Gasteiger partial charge on any atom is -0.467 e.